The molecule has 6 heteroatoms. The number of halogens is 3. The molecule has 0 saturated heterocycles. The second-order valence-electron chi connectivity index (χ2n) is 3.74. The molecule has 0 amide bonds. The van der Waals surface area contributed by atoms with Gasteiger partial charge in [-0.3, -0.25) is 4.79 Å². The maximum atomic E-state index is 12.7. The van der Waals surface area contributed by atoms with Crippen LogP contribution in [0.15, 0.2) is 18.2 Å². The fourth-order valence-corrected chi connectivity index (χ4v) is 1.71. The first-order valence-corrected chi connectivity index (χ1v) is 4.87. The number of carboxylic acids is 1. The first kappa shape index (κ1) is 13.5. The Labute approximate surface area is 96.0 Å². The van der Waals surface area contributed by atoms with E-state index in [-0.39, 0.29) is 5.56 Å². The summed E-state index contributed by atoms with van der Waals surface area (Å²) in [6.07, 6.45) is -5.06. The number of hydrogen-bond donors (Lipinski definition) is 2. The predicted octanol–water partition coefficient (Wildman–Crippen LogP) is 2.49. The lowest BCUT2D eigenvalue weighted by molar-refractivity contribution is -0.140. The highest BCUT2D eigenvalue weighted by molar-refractivity contribution is 5.68. The summed E-state index contributed by atoms with van der Waals surface area (Å²) in [6, 6.07) is 2.50. The number of rotatable bonds is 3. The van der Waals surface area contributed by atoms with Crippen LogP contribution in [-0.4, -0.2) is 11.1 Å². The monoisotopic (exact) mass is 247 g/mol. The second-order valence-corrected chi connectivity index (χ2v) is 3.74. The highest BCUT2D eigenvalue weighted by Gasteiger charge is 2.35. The lowest BCUT2D eigenvalue weighted by Crippen LogP contribution is -2.21. The average molecular weight is 247 g/mol. The van der Waals surface area contributed by atoms with Crippen LogP contribution in [0.1, 0.15) is 29.2 Å². The van der Waals surface area contributed by atoms with E-state index in [2.05, 4.69) is 0 Å². The molecule has 1 unspecified atom stereocenters. The zero-order valence-corrected chi connectivity index (χ0v) is 9.08. The Morgan fingerprint density at radius 3 is 2.53 bits per heavy atom. The van der Waals surface area contributed by atoms with Gasteiger partial charge >= 0.3 is 12.1 Å². The smallest absolute Gasteiger partial charge is 0.416 e. The highest BCUT2D eigenvalue weighted by atomic mass is 19.4. The Bertz CT molecular complexity index is 429. The standard InChI is InChI=1S/C11H12F3NO2/c1-6-3-2-4-7(11(12,13)14)10(6)8(15)5-9(16)17/h2-4,8H,5,15H2,1H3,(H,16,17). The van der Waals surface area contributed by atoms with Crippen molar-refractivity contribution in [2.24, 2.45) is 5.73 Å². The summed E-state index contributed by atoms with van der Waals surface area (Å²) < 4.78 is 38.2. The van der Waals surface area contributed by atoms with Crippen LogP contribution < -0.4 is 5.73 Å². The Hall–Kier alpha value is -1.56. The number of carboxylic acid groups (broad SMARTS) is 1. The SMILES string of the molecule is Cc1cccc(C(F)(F)F)c1C(N)CC(=O)O. The van der Waals surface area contributed by atoms with Gasteiger partial charge in [0.25, 0.3) is 0 Å². The molecule has 0 aliphatic carbocycles. The van der Waals surface area contributed by atoms with E-state index in [1.165, 1.54) is 19.1 Å². The summed E-state index contributed by atoms with van der Waals surface area (Å²) in [5, 5.41) is 8.57. The van der Waals surface area contributed by atoms with Crippen molar-refractivity contribution in [1.82, 2.24) is 0 Å². The van der Waals surface area contributed by atoms with Crippen LogP contribution in [0.4, 0.5) is 13.2 Å². The third-order valence-corrected chi connectivity index (χ3v) is 2.39. The van der Waals surface area contributed by atoms with Gasteiger partial charge in [-0.15, -0.1) is 0 Å². The zero-order chi connectivity index (χ0) is 13.2. The van der Waals surface area contributed by atoms with E-state index in [4.69, 9.17) is 10.8 Å². The normalized spacial score (nSPS) is 13.5. The van der Waals surface area contributed by atoms with Crippen molar-refractivity contribution >= 4 is 5.97 Å². The maximum Gasteiger partial charge on any atom is 0.416 e. The molecule has 1 aromatic rings. The topological polar surface area (TPSA) is 63.3 Å². The largest absolute Gasteiger partial charge is 0.481 e. The molecule has 0 bridgehead atoms. The van der Waals surface area contributed by atoms with Crippen molar-refractivity contribution in [3.63, 3.8) is 0 Å². The van der Waals surface area contributed by atoms with Gasteiger partial charge in [0, 0.05) is 6.04 Å². The third kappa shape index (κ3) is 3.20. The number of nitrogens with two attached hydrogens (primary N) is 1. The number of aliphatic carboxylic acids is 1. The van der Waals surface area contributed by atoms with Crippen molar-refractivity contribution in [2.75, 3.05) is 0 Å². The molecule has 1 atom stereocenters. The molecule has 0 spiro atoms. The van der Waals surface area contributed by atoms with Crippen LogP contribution >= 0.6 is 0 Å². The van der Waals surface area contributed by atoms with Gasteiger partial charge in [-0.05, 0) is 24.1 Å². The van der Waals surface area contributed by atoms with Gasteiger partial charge < -0.3 is 10.8 Å². The molecule has 0 saturated carbocycles. The lowest BCUT2D eigenvalue weighted by atomic mass is 9.93. The first-order chi connectivity index (χ1) is 7.73. The maximum absolute atomic E-state index is 12.7. The van der Waals surface area contributed by atoms with Gasteiger partial charge in [0.2, 0.25) is 0 Å². The van der Waals surface area contributed by atoms with Crippen molar-refractivity contribution in [3.05, 3.63) is 34.9 Å². The Kier molecular flexibility index (Phi) is 3.77. The zero-order valence-electron chi connectivity index (χ0n) is 9.08. The Morgan fingerprint density at radius 2 is 2.06 bits per heavy atom. The number of aryl methyl sites for hydroxylation is 1. The van der Waals surface area contributed by atoms with Crippen LogP contribution in [0, 0.1) is 6.92 Å². The molecule has 0 aromatic heterocycles. The van der Waals surface area contributed by atoms with Crippen LogP contribution in [-0.2, 0) is 11.0 Å². The van der Waals surface area contributed by atoms with Crippen LogP contribution in [0.5, 0.6) is 0 Å². The van der Waals surface area contributed by atoms with Gasteiger partial charge in [0.05, 0.1) is 12.0 Å². The molecule has 3 nitrogen and oxygen atoms in total. The van der Waals surface area contributed by atoms with Crippen LogP contribution in [0.3, 0.4) is 0 Å². The molecule has 3 N–H and O–H groups in total. The molecule has 17 heavy (non-hydrogen) atoms. The van der Waals surface area contributed by atoms with Crippen LogP contribution in [0.25, 0.3) is 0 Å². The molecular formula is C11H12F3NO2. The molecule has 1 aromatic carbocycles. The summed E-state index contributed by atoms with van der Waals surface area (Å²) in [4.78, 5) is 10.5. The minimum Gasteiger partial charge on any atom is -0.481 e. The second kappa shape index (κ2) is 4.75. The van der Waals surface area contributed by atoms with Gasteiger partial charge in [-0.1, -0.05) is 12.1 Å². The lowest BCUT2D eigenvalue weighted by Gasteiger charge is -2.19. The molecular weight excluding hydrogens is 235 g/mol. The van der Waals surface area contributed by atoms with Crippen molar-refractivity contribution in [1.29, 1.82) is 0 Å². The number of benzene rings is 1. The van der Waals surface area contributed by atoms with Gasteiger partial charge in [-0.2, -0.15) is 13.2 Å². The van der Waals surface area contributed by atoms with E-state index in [9.17, 15) is 18.0 Å². The Balaban J connectivity index is 3.25. The van der Waals surface area contributed by atoms with Crippen molar-refractivity contribution in [3.8, 4) is 0 Å². The van der Waals surface area contributed by atoms with E-state index in [0.29, 0.717) is 5.56 Å². The van der Waals surface area contributed by atoms with Crippen molar-refractivity contribution in [2.45, 2.75) is 25.6 Å². The fraction of sp³-hybridized carbons (Fsp3) is 0.364. The molecule has 0 aliphatic rings. The summed E-state index contributed by atoms with van der Waals surface area (Å²) in [7, 11) is 0. The van der Waals surface area contributed by atoms with Crippen LogP contribution in [0.2, 0.25) is 0 Å². The van der Waals surface area contributed by atoms with Gasteiger partial charge in [0.1, 0.15) is 0 Å². The van der Waals surface area contributed by atoms with E-state index in [1.54, 1.807) is 0 Å². The quantitative estimate of drug-likeness (QED) is 0.862. The molecule has 0 aliphatic heterocycles. The van der Waals surface area contributed by atoms with E-state index in [0.717, 1.165) is 6.07 Å². The van der Waals surface area contributed by atoms with E-state index < -0.39 is 30.2 Å². The first-order valence-electron chi connectivity index (χ1n) is 4.87. The predicted molar refractivity (Wildman–Crippen MR) is 55.4 cm³/mol. The molecule has 0 radical (unpaired) electrons. The number of carbonyl (C=O) groups is 1. The average Bonchev–Trinajstić information content (AvgIpc) is 2.14. The summed E-state index contributed by atoms with van der Waals surface area (Å²) >= 11 is 0. The minimum atomic E-state index is -4.53. The van der Waals surface area contributed by atoms with Crippen molar-refractivity contribution < 1.29 is 23.1 Å². The molecule has 1 rings (SSSR count). The van der Waals surface area contributed by atoms with E-state index in [1.807, 2.05) is 0 Å². The Morgan fingerprint density at radius 1 is 1.47 bits per heavy atom. The van der Waals surface area contributed by atoms with Gasteiger partial charge in [-0.25, -0.2) is 0 Å². The highest BCUT2D eigenvalue weighted by Crippen LogP contribution is 2.36. The summed E-state index contributed by atoms with van der Waals surface area (Å²) in [5.74, 6) is -1.23. The van der Waals surface area contributed by atoms with Gasteiger partial charge in [0.15, 0.2) is 0 Å². The number of alkyl halides is 3. The minimum absolute atomic E-state index is 0.151. The van der Waals surface area contributed by atoms with E-state index >= 15 is 0 Å². The summed E-state index contributed by atoms with van der Waals surface area (Å²) in [6.45, 7) is 1.48. The molecule has 0 heterocycles. The summed E-state index contributed by atoms with van der Waals surface area (Å²) in [5.41, 5.74) is 4.83. The fourth-order valence-electron chi connectivity index (χ4n) is 1.71. The molecule has 94 valence electrons. The number of hydrogen-bond acceptors (Lipinski definition) is 2. The third-order valence-electron chi connectivity index (χ3n) is 2.39. The molecule has 0 fully saturated rings.